The van der Waals surface area contributed by atoms with Crippen molar-refractivity contribution in [3.63, 3.8) is 0 Å². The number of aliphatic hydroxyl groups excluding tert-OH is 1. The Balaban J connectivity index is 2.81. The quantitative estimate of drug-likeness (QED) is 0.418. The number of unbranched alkanes of at least 4 members (excludes halogenated alkanes) is 9. The van der Waals surface area contributed by atoms with E-state index in [1.54, 1.807) is 0 Å². The summed E-state index contributed by atoms with van der Waals surface area (Å²) in [6, 6.07) is 0. The van der Waals surface area contributed by atoms with E-state index in [-0.39, 0.29) is 0 Å². The summed E-state index contributed by atoms with van der Waals surface area (Å²) >= 11 is 4.77. The number of aliphatic hydroxyl groups is 1. The fourth-order valence-electron chi connectivity index (χ4n) is 1.58. The monoisotopic (exact) mass is 216 g/mol. The molecule has 0 rings (SSSR count). The lowest BCUT2D eigenvalue weighted by Gasteiger charge is -2.00. The van der Waals surface area contributed by atoms with Crippen molar-refractivity contribution in [3.05, 3.63) is 0 Å². The fraction of sp³-hybridized carbons (Fsp3) is 0.917. The normalized spacial score (nSPS) is 10.4. The summed E-state index contributed by atoms with van der Waals surface area (Å²) in [6.07, 6.45) is 12.6. The molecule has 0 fully saturated rings. The molecule has 0 aliphatic rings. The van der Waals surface area contributed by atoms with Crippen LogP contribution in [0.4, 0.5) is 0 Å². The third-order valence-corrected chi connectivity index (χ3v) is 2.72. The van der Waals surface area contributed by atoms with Gasteiger partial charge in [0.05, 0.1) is 0 Å². The zero-order valence-electron chi connectivity index (χ0n) is 9.21. The second-order valence-electron chi connectivity index (χ2n) is 3.86. The van der Waals surface area contributed by atoms with E-state index in [2.05, 4.69) is 0 Å². The van der Waals surface area contributed by atoms with Crippen LogP contribution < -0.4 is 0 Å². The van der Waals surface area contributed by atoms with E-state index < -0.39 is 0 Å². The lowest BCUT2D eigenvalue weighted by Crippen LogP contribution is -1.84. The number of hydrogen-bond donors (Lipinski definition) is 1. The molecule has 2 heteroatoms. The summed E-state index contributed by atoms with van der Waals surface area (Å²) in [7, 11) is 0. The molecule has 0 saturated carbocycles. The summed E-state index contributed by atoms with van der Waals surface area (Å²) < 4.78 is 0. The maximum atomic E-state index is 8.58. The molecule has 0 spiro atoms. The molecule has 1 nitrogen and oxygen atoms in total. The smallest absolute Gasteiger partial charge is 0.0431 e. The molecule has 1 N–H and O–H groups in total. The Morgan fingerprint density at radius 3 is 1.57 bits per heavy atom. The summed E-state index contributed by atoms with van der Waals surface area (Å²) in [5.74, 6) is 0. The summed E-state index contributed by atoms with van der Waals surface area (Å²) in [6.45, 7) is 0.359. The minimum absolute atomic E-state index is 0.359. The van der Waals surface area contributed by atoms with Gasteiger partial charge in [-0.05, 0) is 24.6 Å². The van der Waals surface area contributed by atoms with Crippen molar-refractivity contribution in [2.24, 2.45) is 0 Å². The van der Waals surface area contributed by atoms with Crippen LogP contribution in [0, 0.1) is 0 Å². The minimum atomic E-state index is 0.359. The maximum absolute atomic E-state index is 8.58. The first-order valence-corrected chi connectivity index (χ1v) is 6.43. The molecule has 0 radical (unpaired) electrons. The van der Waals surface area contributed by atoms with Gasteiger partial charge in [-0.3, -0.25) is 0 Å². The van der Waals surface area contributed by atoms with Crippen molar-refractivity contribution in [2.75, 3.05) is 6.61 Å². The van der Waals surface area contributed by atoms with Gasteiger partial charge in [-0.15, -0.1) is 0 Å². The first kappa shape index (κ1) is 14.1. The summed E-state index contributed by atoms with van der Waals surface area (Å²) in [5.41, 5.74) is 0. The van der Waals surface area contributed by atoms with Crippen LogP contribution in [0.15, 0.2) is 0 Å². The zero-order chi connectivity index (χ0) is 10.5. The van der Waals surface area contributed by atoms with Gasteiger partial charge < -0.3 is 5.11 Å². The Hall–Kier alpha value is 0.0500. The van der Waals surface area contributed by atoms with E-state index >= 15 is 0 Å². The van der Waals surface area contributed by atoms with Crippen LogP contribution >= 0.6 is 12.2 Å². The van der Waals surface area contributed by atoms with Crippen molar-refractivity contribution in [2.45, 2.75) is 64.2 Å². The molecule has 0 unspecified atom stereocenters. The van der Waals surface area contributed by atoms with Crippen molar-refractivity contribution in [3.8, 4) is 0 Å². The summed E-state index contributed by atoms with van der Waals surface area (Å²) in [5, 5.41) is 10.4. The predicted molar refractivity (Wildman–Crippen MR) is 66.9 cm³/mol. The van der Waals surface area contributed by atoms with Crippen LogP contribution in [0.25, 0.3) is 0 Å². The van der Waals surface area contributed by atoms with Gasteiger partial charge >= 0.3 is 0 Å². The first-order chi connectivity index (χ1) is 6.91. The number of rotatable bonds is 11. The van der Waals surface area contributed by atoms with Crippen LogP contribution in [0.1, 0.15) is 64.2 Å². The van der Waals surface area contributed by atoms with E-state index in [0.29, 0.717) is 6.61 Å². The molecule has 0 amide bonds. The molecule has 0 aliphatic heterocycles. The molecule has 0 bridgehead atoms. The van der Waals surface area contributed by atoms with Crippen LogP contribution in [-0.2, 0) is 0 Å². The van der Waals surface area contributed by atoms with Crippen LogP contribution in [-0.4, -0.2) is 17.1 Å². The molecule has 0 atom stereocenters. The maximum Gasteiger partial charge on any atom is 0.0431 e. The highest BCUT2D eigenvalue weighted by molar-refractivity contribution is 7.78. The van der Waals surface area contributed by atoms with Gasteiger partial charge in [0.1, 0.15) is 0 Å². The molecule has 0 aromatic rings. The number of thiocarbonyl (C=S) groups is 1. The highest BCUT2D eigenvalue weighted by Gasteiger charge is 1.91. The molecule has 84 valence electrons. The molecule has 0 aromatic heterocycles. The van der Waals surface area contributed by atoms with Gasteiger partial charge in [0.2, 0.25) is 0 Å². The van der Waals surface area contributed by atoms with Crippen LogP contribution in [0.3, 0.4) is 0 Å². The van der Waals surface area contributed by atoms with E-state index in [9.17, 15) is 0 Å². The molecule has 0 aromatic carbocycles. The topological polar surface area (TPSA) is 20.2 Å². The first-order valence-electron chi connectivity index (χ1n) is 5.96. The molecular formula is C12H24OS. The van der Waals surface area contributed by atoms with Crippen LogP contribution in [0.5, 0.6) is 0 Å². The van der Waals surface area contributed by atoms with Gasteiger partial charge in [0, 0.05) is 6.61 Å². The highest BCUT2D eigenvalue weighted by Crippen LogP contribution is 2.09. The Bertz CT molecular complexity index is 115. The third kappa shape index (κ3) is 12.0. The largest absolute Gasteiger partial charge is 0.396 e. The van der Waals surface area contributed by atoms with Crippen molar-refractivity contribution in [1.29, 1.82) is 0 Å². The predicted octanol–water partition coefficient (Wildman–Crippen LogP) is 3.88. The van der Waals surface area contributed by atoms with Gasteiger partial charge in [-0.1, -0.05) is 57.2 Å². The fourth-order valence-corrected chi connectivity index (χ4v) is 1.74. The van der Waals surface area contributed by atoms with Crippen molar-refractivity contribution in [1.82, 2.24) is 0 Å². The van der Waals surface area contributed by atoms with Gasteiger partial charge in [-0.2, -0.15) is 0 Å². The Kier molecular flexibility index (Phi) is 13.1. The summed E-state index contributed by atoms with van der Waals surface area (Å²) in [4.78, 5) is 0. The lowest BCUT2D eigenvalue weighted by molar-refractivity contribution is 0.282. The second kappa shape index (κ2) is 13.1. The average molecular weight is 216 g/mol. The molecule has 0 heterocycles. The standard InChI is InChI=1S/C12H24OS/c13-11-9-7-5-3-1-2-4-6-8-10-12-14/h12-13H,1-11H2. The Morgan fingerprint density at radius 2 is 1.14 bits per heavy atom. The molecule has 14 heavy (non-hydrogen) atoms. The molecule has 0 saturated heterocycles. The second-order valence-corrected chi connectivity index (χ2v) is 4.19. The van der Waals surface area contributed by atoms with E-state index in [4.69, 9.17) is 17.3 Å². The van der Waals surface area contributed by atoms with Gasteiger partial charge in [0.15, 0.2) is 0 Å². The zero-order valence-corrected chi connectivity index (χ0v) is 10.0. The molecule has 0 aliphatic carbocycles. The lowest BCUT2D eigenvalue weighted by atomic mass is 10.1. The van der Waals surface area contributed by atoms with Gasteiger partial charge in [0.25, 0.3) is 0 Å². The Morgan fingerprint density at radius 1 is 0.714 bits per heavy atom. The highest BCUT2D eigenvalue weighted by atomic mass is 32.1. The average Bonchev–Trinajstić information content (AvgIpc) is 2.21. The van der Waals surface area contributed by atoms with Crippen molar-refractivity contribution < 1.29 is 5.11 Å². The molecular weight excluding hydrogens is 192 g/mol. The SMILES string of the molecule is OCCCCCCCCCCCC=S. The van der Waals surface area contributed by atoms with E-state index in [0.717, 1.165) is 12.8 Å². The number of hydrogen-bond acceptors (Lipinski definition) is 2. The minimum Gasteiger partial charge on any atom is -0.396 e. The van der Waals surface area contributed by atoms with Crippen molar-refractivity contribution >= 4 is 17.6 Å². The van der Waals surface area contributed by atoms with Gasteiger partial charge in [-0.25, -0.2) is 0 Å². The van der Waals surface area contributed by atoms with E-state index in [1.807, 2.05) is 5.37 Å². The van der Waals surface area contributed by atoms with Crippen LogP contribution in [0.2, 0.25) is 0 Å². The third-order valence-electron chi connectivity index (χ3n) is 2.48. The Labute approximate surface area is 93.9 Å². The van der Waals surface area contributed by atoms with E-state index in [1.165, 1.54) is 51.4 Å².